The van der Waals surface area contributed by atoms with E-state index in [0.717, 1.165) is 32.1 Å². The molecule has 0 radical (unpaired) electrons. The highest BCUT2D eigenvalue weighted by molar-refractivity contribution is 5.71. The predicted molar refractivity (Wildman–Crippen MR) is 132 cm³/mol. The summed E-state index contributed by atoms with van der Waals surface area (Å²) < 4.78 is 17.1. The Kier molecular flexibility index (Phi) is 13.2. The maximum Gasteiger partial charge on any atom is 0.508 e. The molecule has 0 amide bonds. The van der Waals surface area contributed by atoms with Gasteiger partial charge in [0.25, 0.3) is 0 Å². The lowest BCUT2D eigenvalue weighted by atomic mass is 9.75. The minimum absolute atomic E-state index is 0.0784. The molecule has 0 aromatic rings. The first-order chi connectivity index (χ1) is 15.9. The Balaban J connectivity index is 1.75. The smallest absolute Gasteiger partial charge is 0.458 e. The Morgan fingerprint density at radius 3 is 2.18 bits per heavy atom. The van der Waals surface area contributed by atoms with Gasteiger partial charge >= 0.3 is 12.1 Å². The fourth-order valence-corrected chi connectivity index (χ4v) is 5.49. The predicted octanol–water partition coefficient (Wildman–Crippen LogP) is 7.99. The second kappa shape index (κ2) is 15.6. The van der Waals surface area contributed by atoms with Gasteiger partial charge in [-0.15, -0.1) is 0 Å². The topological polar surface area (TPSA) is 61.8 Å². The normalized spacial score (nSPS) is 26.3. The summed E-state index contributed by atoms with van der Waals surface area (Å²) in [4.78, 5) is 24.4. The summed E-state index contributed by atoms with van der Waals surface area (Å²) in [6.45, 7) is 8.88. The average Bonchev–Trinajstić information content (AvgIpc) is 3.20. The second-order valence-electron chi connectivity index (χ2n) is 10.9. The van der Waals surface area contributed by atoms with Crippen LogP contribution in [0.1, 0.15) is 130 Å². The molecular formula is C28H50O5. The first-order valence-electron chi connectivity index (χ1n) is 14.0. The van der Waals surface area contributed by atoms with Gasteiger partial charge in [-0.25, -0.2) is 4.79 Å². The number of carbonyl (C=O) groups is 2. The Morgan fingerprint density at radius 2 is 1.61 bits per heavy atom. The van der Waals surface area contributed by atoms with E-state index in [4.69, 9.17) is 14.2 Å². The zero-order chi connectivity index (χ0) is 24.1. The van der Waals surface area contributed by atoms with E-state index >= 15 is 0 Å². The molecule has 1 saturated carbocycles. The van der Waals surface area contributed by atoms with Crippen molar-refractivity contribution >= 4 is 12.1 Å². The number of hydrogen-bond acceptors (Lipinski definition) is 5. The SMILES string of the molecule is CCCCCCCCCCCC[C@@H](OC(=O)O[C@H]1C[C@@H](C)CC[C@@H]1C(C)C)[C@H]1CCC(=O)O1. The lowest BCUT2D eigenvalue weighted by Crippen LogP contribution is -2.38. The van der Waals surface area contributed by atoms with Crippen LogP contribution in [0.4, 0.5) is 4.79 Å². The molecule has 5 heteroatoms. The quantitative estimate of drug-likeness (QED) is 0.181. The molecule has 1 aliphatic heterocycles. The van der Waals surface area contributed by atoms with E-state index < -0.39 is 12.3 Å². The fraction of sp³-hybridized carbons (Fsp3) is 0.929. The van der Waals surface area contributed by atoms with Crippen LogP contribution >= 0.6 is 0 Å². The lowest BCUT2D eigenvalue weighted by Gasteiger charge is -2.36. The first kappa shape index (κ1) is 28.0. The Morgan fingerprint density at radius 1 is 0.970 bits per heavy atom. The van der Waals surface area contributed by atoms with Crippen LogP contribution in [0.25, 0.3) is 0 Å². The number of esters is 1. The number of unbranched alkanes of at least 4 members (excludes halogenated alkanes) is 9. The largest absolute Gasteiger partial charge is 0.508 e. The van der Waals surface area contributed by atoms with Crippen molar-refractivity contribution in [1.82, 2.24) is 0 Å². The van der Waals surface area contributed by atoms with Gasteiger partial charge < -0.3 is 14.2 Å². The summed E-state index contributed by atoms with van der Waals surface area (Å²) in [5.74, 6) is 1.24. The van der Waals surface area contributed by atoms with Crippen LogP contribution in [0.5, 0.6) is 0 Å². The summed E-state index contributed by atoms with van der Waals surface area (Å²) in [6.07, 6.45) is 16.2. The molecule has 5 nitrogen and oxygen atoms in total. The van der Waals surface area contributed by atoms with Crippen LogP contribution in [-0.2, 0) is 19.0 Å². The number of rotatable bonds is 15. The van der Waals surface area contributed by atoms with Gasteiger partial charge in [-0.05, 0) is 49.9 Å². The first-order valence-corrected chi connectivity index (χ1v) is 14.0. The highest BCUT2D eigenvalue weighted by Crippen LogP contribution is 2.36. The van der Waals surface area contributed by atoms with Gasteiger partial charge in [0.05, 0.1) is 0 Å². The molecule has 1 heterocycles. The van der Waals surface area contributed by atoms with Crippen LogP contribution in [0.3, 0.4) is 0 Å². The van der Waals surface area contributed by atoms with Crippen LogP contribution in [0.2, 0.25) is 0 Å². The molecule has 2 aliphatic rings. The van der Waals surface area contributed by atoms with Crippen LogP contribution < -0.4 is 0 Å². The van der Waals surface area contributed by atoms with E-state index in [1.54, 1.807) is 0 Å². The molecule has 192 valence electrons. The van der Waals surface area contributed by atoms with Gasteiger partial charge in [-0.3, -0.25) is 4.79 Å². The van der Waals surface area contributed by atoms with E-state index in [0.29, 0.717) is 30.6 Å². The van der Waals surface area contributed by atoms with Gasteiger partial charge in [0.2, 0.25) is 0 Å². The molecule has 1 aliphatic carbocycles. The van der Waals surface area contributed by atoms with E-state index in [-0.39, 0.29) is 18.2 Å². The van der Waals surface area contributed by atoms with Crippen LogP contribution in [0, 0.1) is 17.8 Å². The van der Waals surface area contributed by atoms with Gasteiger partial charge in [-0.1, -0.05) is 91.9 Å². The van der Waals surface area contributed by atoms with E-state index in [1.165, 1.54) is 57.8 Å². The molecule has 33 heavy (non-hydrogen) atoms. The summed E-state index contributed by atoms with van der Waals surface area (Å²) >= 11 is 0. The molecule has 0 N–H and O–H groups in total. The maximum absolute atomic E-state index is 12.7. The van der Waals surface area contributed by atoms with Crippen molar-refractivity contribution in [3.63, 3.8) is 0 Å². The molecule has 5 atom stereocenters. The highest BCUT2D eigenvalue weighted by atomic mass is 16.7. The Hall–Kier alpha value is -1.26. The summed E-state index contributed by atoms with van der Waals surface area (Å²) in [5, 5.41) is 0. The van der Waals surface area contributed by atoms with E-state index in [9.17, 15) is 9.59 Å². The van der Waals surface area contributed by atoms with Crippen molar-refractivity contribution in [2.45, 2.75) is 149 Å². The third-order valence-corrected chi connectivity index (χ3v) is 7.63. The molecule has 0 aromatic carbocycles. The lowest BCUT2D eigenvalue weighted by molar-refractivity contribution is -0.147. The molecule has 2 fully saturated rings. The number of cyclic esters (lactones) is 1. The summed E-state index contributed by atoms with van der Waals surface area (Å²) in [7, 11) is 0. The summed E-state index contributed by atoms with van der Waals surface area (Å²) in [6, 6.07) is 0. The standard InChI is InChI=1S/C28H50O5/c1-5-6-7-8-9-10-11-12-13-14-15-24(25-18-19-27(29)31-25)32-28(30)33-26-20-22(4)16-17-23(26)21(2)3/h21-26H,5-20H2,1-4H3/t22-,23+,24+,25+,26-/m0/s1. The third kappa shape index (κ3) is 10.7. The molecule has 0 aromatic heterocycles. The third-order valence-electron chi connectivity index (χ3n) is 7.63. The molecule has 2 rings (SSSR count). The monoisotopic (exact) mass is 466 g/mol. The average molecular weight is 467 g/mol. The summed E-state index contributed by atoms with van der Waals surface area (Å²) in [5.41, 5.74) is 0. The van der Waals surface area contributed by atoms with Crippen molar-refractivity contribution < 1.29 is 23.8 Å². The van der Waals surface area contributed by atoms with Gasteiger partial charge in [0, 0.05) is 6.42 Å². The van der Waals surface area contributed by atoms with Crippen LogP contribution in [0.15, 0.2) is 0 Å². The molecule has 0 bridgehead atoms. The Bertz CT molecular complexity index is 560. The van der Waals surface area contributed by atoms with Gasteiger partial charge in [0.1, 0.15) is 18.3 Å². The zero-order valence-corrected chi connectivity index (χ0v) is 21.8. The molecule has 1 saturated heterocycles. The number of ether oxygens (including phenoxy) is 3. The minimum Gasteiger partial charge on any atom is -0.458 e. The Labute approximate surface area is 202 Å². The fourth-order valence-electron chi connectivity index (χ4n) is 5.49. The molecule has 0 unspecified atom stereocenters. The maximum atomic E-state index is 12.7. The zero-order valence-electron chi connectivity index (χ0n) is 21.8. The minimum atomic E-state index is -0.584. The molecular weight excluding hydrogens is 416 g/mol. The van der Waals surface area contributed by atoms with Crippen molar-refractivity contribution in [3.8, 4) is 0 Å². The van der Waals surface area contributed by atoms with Crippen molar-refractivity contribution in [1.29, 1.82) is 0 Å². The second-order valence-corrected chi connectivity index (χ2v) is 10.9. The van der Waals surface area contributed by atoms with E-state index in [2.05, 4.69) is 27.7 Å². The number of carbonyl (C=O) groups excluding carboxylic acids is 2. The van der Waals surface area contributed by atoms with Crippen molar-refractivity contribution in [2.75, 3.05) is 0 Å². The number of hydrogen-bond donors (Lipinski definition) is 0. The van der Waals surface area contributed by atoms with Crippen LogP contribution in [-0.4, -0.2) is 30.4 Å². The molecule has 0 spiro atoms. The highest BCUT2D eigenvalue weighted by Gasteiger charge is 2.37. The van der Waals surface area contributed by atoms with Gasteiger partial charge in [0.15, 0.2) is 0 Å². The van der Waals surface area contributed by atoms with Crippen molar-refractivity contribution in [2.24, 2.45) is 17.8 Å². The van der Waals surface area contributed by atoms with Crippen molar-refractivity contribution in [3.05, 3.63) is 0 Å². The van der Waals surface area contributed by atoms with E-state index in [1.807, 2.05) is 0 Å². The van der Waals surface area contributed by atoms with Gasteiger partial charge in [-0.2, -0.15) is 0 Å².